The Morgan fingerprint density at radius 2 is 1.84 bits per heavy atom. The molecule has 2 fully saturated rings. The first kappa shape index (κ1) is 24.9. The molecule has 2 amide bonds. The van der Waals surface area contributed by atoms with Crippen molar-refractivity contribution in [3.8, 4) is 11.8 Å². The summed E-state index contributed by atoms with van der Waals surface area (Å²) in [5, 5.41) is 14.9. The van der Waals surface area contributed by atoms with Crippen molar-refractivity contribution < 1.29 is 9.59 Å². The minimum absolute atomic E-state index is 0.0520. The average molecular weight is 509 g/mol. The highest BCUT2D eigenvalue weighted by Crippen LogP contribution is 2.27. The first-order chi connectivity index (χ1) is 18.4. The number of rotatable bonds is 6. The first-order valence-electron chi connectivity index (χ1n) is 12.5. The molecule has 0 radical (unpaired) electrons. The van der Waals surface area contributed by atoms with Crippen molar-refractivity contribution in [2.75, 3.05) is 29.5 Å². The second-order valence-electron chi connectivity index (χ2n) is 9.53. The molecule has 1 saturated heterocycles. The standard InChI is InChI=1S/C28H28N8O2/c1-17-10-12-31-22(14-17)35-28(38)20-7-5-19(6-8-20)25(29)24-26(30)32-16-33-27(24)34-21-11-13-36(15-21)23(37)9-4-18-2-3-18/h5-8,10,12,14,16,18,21,29H,2-3,11,13,15H2,1H3,(H,31,35,38)(H3,30,32,33,34). The van der Waals surface area contributed by atoms with Crippen molar-refractivity contribution in [1.82, 2.24) is 19.9 Å². The number of aryl methyl sites for hydroxylation is 1. The van der Waals surface area contributed by atoms with Gasteiger partial charge in [0.2, 0.25) is 0 Å². The van der Waals surface area contributed by atoms with Crippen molar-refractivity contribution in [3.05, 3.63) is 71.2 Å². The molecule has 0 spiro atoms. The van der Waals surface area contributed by atoms with E-state index in [0.29, 0.717) is 47.3 Å². The largest absolute Gasteiger partial charge is 0.383 e. The number of nitrogens with two attached hydrogens (primary N) is 1. The fourth-order valence-corrected chi connectivity index (χ4v) is 4.21. The minimum Gasteiger partial charge on any atom is -0.383 e. The smallest absolute Gasteiger partial charge is 0.298 e. The van der Waals surface area contributed by atoms with Crippen LogP contribution in [0.25, 0.3) is 0 Å². The van der Waals surface area contributed by atoms with Crippen LogP contribution >= 0.6 is 0 Å². The average Bonchev–Trinajstić information content (AvgIpc) is 3.63. The predicted molar refractivity (Wildman–Crippen MR) is 145 cm³/mol. The molecule has 5 N–H and O–H groups in total. The number of anilines is 3. The fourth-order valence-electron chi connectivity index (χ4n) is 4.21. The maximum atomic E-state index is 12.6. The minimum atomic E-state index is -0.298. The number of nitrogen functional groups attached to an aromatic ring is 1. The van der Waals surface area contributed by atoms with Crippen molar-refractivity contribution in [3.63, 3.8) is 0 Å². The molecule has 1 unspecified atom stereocenters. The number of likely N-dealkylation sites (tertiary alicyclic amines) is 1. The summed E-state index contributed by atoms with van der Waals surface area (Å²) in [6.07, 6.45) is 5.87. The van der Waals surface area contributed by atoms with Crippen molar-refractivity contribution in [2.24, 2.45) is 5.92 Å². The van der Waals surface area contributed by atoms with Gasteiger partial charge < -0.3 is 21.3 Å². The van der Waals surface area contributed by atoms with E-state index in [1.54, 1.807) is 41.4 Å². The van der Waals surface area contributed by atoms with Gasteiger partial charge in [0.25, 0.3) is 11.8 Å². The lowest BCUT2D eigenvalue weighted by molar-refractivity contribution is -0.124. The number of amides is 2. The van der Waals surface area contributed by atoms with E-state index in [-0.39, 0.29) is 29.4 Å². The number of nitrogens with one attached hydrogen (secondary N) is 3. The van der Waals surface area contributed by atoms with E-state index in [1.165, 1.54) is 6.33 Å². The van der Waals surface area contributed by atoms with E-state index < -0.39 is 0 Å². The molecule has 1 atom stereocenters. The lowest BCUT2D eigenvalue weighted by Crippen LogP contribution is -2.31. The zero-order valence-electron chi connectivity index (χ0n) is 21.0. The molecule has 1 aliphatic carbocycles. The van der Waals surface area contributed by atoms with Gasteiger partial charge in [0.05, 0.1) is 11.3 Å². The number of benzene rings is 1. The highest BCUT2D eigenvalue weighted by Gasteiger charge is 2.28. The molecule has 1 aromatic carbocycles. The van der Waals surface area contributed by atoms with Crippen LogP contribution < -0.4 is 16.4 Å². The molecule has 3 heterocycles. The molecule has 2 aliphatic rings. The quantitative estimate of drug-likeness (QED) is 0.295. The topological polar surface area (TPSA) is 150 Å². The van der Waals surface area contributed by atoms with Crippen LogP contribution in [0, 0.1) is 30.1 Å². The van der Waals surface area contributed by atoms with Crippen LogP contribution in [0.2, 0.25) is 0 Å². The summed E-state index contributed by atoms with van der Waals surface area (Å²) in [6.45, 7) is 3.02. The van der Waals surface area contributed by atoms with Crippen molar-refractivity contribution in [2.45, 2.75) is 32.2 Å². The van der Waals surface area contributed by atoms with E-state index in [2.05, 4.69) is 37.4 Å². The van der Waals surface area contributed by atoms with E-state index in [9.17, 15) is 9.59 Å². The van der Waals surface area contributed by atoms with Crippen LogP contribution in [0.3, 0.4) is 0 Å². The second kappa shape index (κ2) is 10.7. The predicted octanol–water partition coefficient (Wildman–Crippen LogP) is 2.86. The Hall–Kier alpha value is -4.78. The molecule has 1 aliphatic heterocycles. The van der Waals surface area contributed by atoms with Gasteiger partial charge in [0.15, 0.2) is 0 Å². The molecule has 5 rings (SSSR count). The lowest BCUT2D eigenvalue weighted by Gasteiger charge is -2.18. The van der Waals surface area contributed by atoms with E-state index in [1.807, 2.05) is 13.0 Å². The molecule has 38 heavy (non-hydrogen) atoms. The maximum absolute atomic E-state index is 12.6. The highest BCUT2D eigenvalue weighted by molar-refractivity contribution is 6.16. The van der Waals surface area contributed by atoms with E-state index in [4.69, 9.17) is 11.1 Å². The summed E-state index contributed by atoms with van der Waals surface area (Å²) in [7, 11) is 0. The van der Waals surface area contributed by atoms with Gasteiger partial charge in [-0.2, -0.15) is 0 Å². The van der Waals surface area contributed by atoms with Crippen LogP contribution in [0.4, 0.5) is 17.5 Å². The fraction of sp³-hybridized carbons (Fsp3) is 0.286. The number of aromatic nitrogens is 3. The molecule has 2 aromatic heterocycles. The summed E-state index contributed by atoms with van der Waals surface area (Å²) < 4.78 is 0. The van der Waals surface area contributed by atoms with Crippen LogP contribution in [0.15, 0.2) is 48.9 Å². The third kappa shape index (κ3) is 5.78. The highest BCUT2D eigenvalue weighted by atomic mass is 16.2. The van der Waals surface area contributed by atoms with Crippen LogP contribution in [0.5, 0.6) is 0 Å². The Bertz CT molecular complexity index is 1450. The number of pyridine rings is 1. The van der Waals surface area contributed by atoms with Gasteiger partial charge in [0, 0.05) is 42.4 Å². The molecule has 0 bridgehead atoms. The van der Waals surface area contributed by atoms with Crippen LogP contribution in [-0.4, -0.2) is 56.5 Å². The number of carbonyl (C=O) groups is 2. The lowest BCUT2D eigenvalue weighted by atomic mass is 10.0. The van der Waals surface area contributed by atoms with Crippen LogP contribution in [0.1, 0.15) is 46.3 Å². The summed E-state index contributed by atoms with van der Waals surface area (Å²) in [5.74, 6) is 6.77. The summed E-state index contributed by atoms with van der Waals surface area (Å²) in [4.78, 5) is 39.3. The van der Waals surface area contributed by atoms with Gasteiger partial charge in [-0.05, 0) is 61.9 Å². The van der Waals surface area contributed by atoms with Crippen molar-refractivity contribution in [1.29, 1.82) is 5.41 Å². The molecule has 192 valence electrons. The molecule has 3 aromatic rings. The number of hydrogen-bond donors (Lipinski definition) is 4. The SMILES string of the molecule is Cc1ccnc(NC(=O)c2ccc(C(=N)c3c(N)ncnc3NC3CCN(C(=O)C#CC4CC4)C3)cc2)c1. The van der Waals surface area contributed by atoms with Gasteiger partial charge in [-0.3, -0.25) is 15.0 Å². The maximum Gasteiger partial charge on any atom is 0.298 e. The zero-order valence-corrected chi connectivity index (χ0v) is 21.0. The molecule has 10 nitrogen and oxygen atoms in total. The third-order valence-corrected chi connectivity index (χ3v) is 6.50. The molecular weight excluding hydrogens is 480 g/mol. The zero-order chi connectivity index (χ0) is 26.6. The summed E-state index contributed by atoms with van der Waals surface area (Å²) in [5.41, 5.74) is 8.64. The molecule has 1 saturated carbocycles. The number of carbonyl (C=O) groups excluding carboxylic acids is 2. The Morgan fingerprint density at radius 1 is 1.08 bits per heavy atom. The molecule has 10 heteroatoms. The van der Waals surface area contributed by atoms with Gasteiger partial charge in [-0.15, -0.1) is 0 Å². The summed E-state index contributed by atoms with van der Waals surface area (Å²) in [6, 6.07) is 10.2. The normalized spacial score (nSPS) is 16.3. The van der Waals surface area contributed by atoms with Gasteiger partial charge in [-0.25, -0.2) is 15.0 Å². The van der Waals surface area contributed by atoms with Crippen molar-refractivity contribution >= 4 is 35.0 Å². The Balaban J connectivity index is 1.27. The van der Waals surface area contributed by atoms with E-state index >= 15 is 0 Å². The first-order valence-corrected chi connectivity index (χ1v) is 12.5. The van der Waals surface area contributed by atoms with Gasteiger partial charge in [0.1, 0.15) is 23.8 Å². The molecular formula is C28H28N8O2. The Morgan fingerprint density at radius 3 is 2.58 bits per heavy atom. The second-order valence-corrected chi connectivity index (χ2v) is 9.53. The number of nitrogens with zero attached hydrogens (tertiary/aromatic N) is 4. The third-order valence-electron chi connectivity index (χ3n) is 6.50. The van der Waals surface area contributed by atoms with Crippen LogP contribution in [-0.2, 0) is 4.79 Å². The summed E-state index contributed by atoms with van der Waals surface area (Å²) >= 11 is 0. The van der Waals surface area contributed by atoms with Gasteiger partial charge >= 0.3 is 0 Å². The monoisotopic (exact) mass is 508 g/mol. The van der Waals surface area contributed by atoms with E-state index in [0.717, 1.165) is 24.8 Å². The Kier molecular flexibility index (Phi) is 7.00. The Labute approximate surface area is 220 Å². The number of hydrogen-bond acceptors (Lipinski definition) is 8. The van der Waals surface area contributed by atoms with Gasteiger partial charge in [-0.1, -0.05) is 18.1 Å².